The SMILES string of the molecule is CC(=O)c1ccc(N=N)nc1. The van der Waals surface area contributed by atoms with E-state index in [1.54, 1.807) is 6.07 Å². The van der Waals surface area contributed by atoms with Crippen molar-refractivity contribution in [2.24, 2.45) is 5.11 Å². The minimum Gasteiger partial charge on any atom is -0.294 e. The minimum atomic E-state index is -0.0333. The van der Waals surface area contributed by atoms with Gasteiger partial charge in [-0.15, -0.1) is 5.11 Å². The maximum atomic E-state index is 10.7. The Morgan fingerprint density at radius 3 is 2.73 bits per heavy atom. The van der Waals surface area contributed by atoms with Crippen LogP contribution in [0.4, 0.5) is 5.82 Å². The van der Waals surface area contributed by atoms with E-state index >= 15 is 0 Å². The lowest BCUT2D eigenvalue weighted by atomic mass is 10.2. The van der Waals surface area contributed by atoms with Crippen molar-refractivity contribution in [3.8, 4) is 0 Å². The average Bonchev–Trinajstić information content (AvgIpc) is 2.05. The molecule has 1 aromatic heterocycles. The van der Waals surface area contributed by atoms with Crippen LogP contribution in [0.3, 0.4) is 0 Å². The van der Waals surface area contributed by atoms with Gasteiger partial charge in [0, 0.05) is 11.8 Å². The molecule has 0 radical (unpaired) electrons. The van der Waals surface area contributed by atoms with Gasteiger partial charge in [0.05, 0.1) is 0 Å². The molecule has 4 heteroatoms. The zero-order valence-corrected chi connectivity index (χ0v) is 6.03. The molecular weight excluding hydrogens is 142 g/mol. The van der Waals surface area contributed by atoms with Gasteiger partial charge in [-0.2, -0.15) is 0 Å². The fourth-order valence-corrected chi connectivity index (χ4v) is 0.660. The molecule has 1 heterocycles. The first-order valence-electron chi connectivity index (χ1n) is 3.08. The van der Waals surface area contributed by atoms with Gasteiger partial charge in [-0.05, 0) is 19.1 Å². The lowest BCUT2D eigenvalue weighted by molar-refractivity contribution is 0.101. The molecule has 0 spiro atoms. The molecule has 0 unspecified atom stereocenters. The van der Waals surface area contributed by atoms with Crippen LogP contribution in [0.1, 0.15) is 17.3 Å². The number of carbonyl (C=O) groups excluding carboxylic acids is 1. The summed E-state index contributed by atoms with van der Waals surface area (Å²) in [7, 11) is 0. The molecule has 1 N–H and O–H groups in total. The van der Waals surface area contributed by atoms with Crippen LogP contribution in [0.25, 0.3) is 0 Å². The molecule has 4 nitrogen and oxygen atoms in total. The Morgan fingerprint density at radius 2 is 2.36 bits per heavy atom. The summed E-state index contributed by atoms with van der Waals surface area (Å²) in [6.45, 7) is 1.47. The topological polar surface area (TPSA) is 66.2 Å². The van der Waals surface area contributed by atoms with Crippen LogP contribution in [0.5, 0.6) is 0 Å². The number of hydrogen-bond donors (Lipinski definition) is 1. The molecule has 0 aromatic carbocycles. The summed E-state index contributed by atoms with van der Waals surface area (Å²) < 4.78 is 0. The molecule has 0 aliphatic rings. The smallest absolute Gasteiger partial charge is 0.173 e. The predicted molar refractivity (Wildman–Crippen MR) is 39.0 cm³/mol. The third-order valence-corrected chi connectivity index (χ3v) is 1.27. The zero-order valence-electron chi connectivity index (χ0n) is 6.03. The van der Waals surface area contributed by atoms with Crippen molar-refractivity contribution in [1.29, 1.82) is 5.53 Å². The van der Waals surface area contributed by atoms with E-state index in [0.717, 1.165) is 0 Å². The second-order valence-electron chi connectivity index (χ2n) is 2.07. The Bertz CT molecular complexity index is 278. The van der Waals surface area contributed by atoms with E-state index in [2.05, 4.69) is 10.1 Å². The van der Waals surface area contributed by atoms with Gasteiger partial charge in [0.25, 0.3) is 0 Å². The molecule has 0 bridgehead atoms. The normalized spacial score (nSPS) is 9.18. The average molecular weight is 149 g/mol. The zero-order chi connectivity index (χ0) is 8.27. The van der Waals surface area contributed by atoms with Crippen molar-refractivity contribution in [2.45, 2.75) is 6.92 Å². The number of hydrogen-bond acceptors (Lipinski definition) is 4. The van der Waals surface area contributed by atoms with Crippen LogP contribution in [-0.4, -0.2) is 10.8 Å². The fraction of sp³-hybridized carbons (Fsp3) is 0.143. The van der Waals surface area contributed by atoms with E-state index in [4.69, 9.17) is 5.53 Å². The number of pyridine rings is 1. The summed E-state index contributed by atoms with van der Waals surface area (Å²) in [6, 6.07) is 3.13. The summed E-state index contributed by atoms with van der Waals surface area (Å²) in [5, 5.41) is 3.10. The van der Waals surface area contributed by atoms with E-state index < -0.39 is 0 Å². The van der Waals surface area contributed by atoms with Crippen molar-refractivity contribution in [1.82, 2.24) is 4.98 Å². The molecule has 0 aliphatic heterocycles. The predicted octanol–water partition coefficient (Wildman–Crippen LogP) is 1.95. The molecular formula is C7H7N3O. The molecule has 0 amide bonds. The van der Waals surface area contributed by atoms with Crippen molar-refractivity contribution in [3.05, 3.63) is 23.9 Å². The first-order chi connectivity index (χ1) is 5.24. The number of ketones is 1. The van der Waals surface area contributed by atoms with Gasteiger partial charge in [-0.3, -0.25) is 4.79 Å². The van der Waals surface area contributed by atoms with Crippen LogP contribution in [0, 0.1) is 5.53 Å². The third-order valence-electron chi connectivity index (χ3n) is 1.27. The van der Waals surface area contributed by atoms with Crippen molar-refractivity contribution >= 4 is 11.6 Å². The van der Waals surface area contributed by atoms with Crippen LogP contribution >= 0.6 is 0 Å². The number of nitrogens with one attached hydrogen (secondary N) is 1. The van der Waals surface area contributed by atoms with E-state index in [9.17, 15) is 4.79 Å². The standard InChI is InChI=1S/C7H7N3O/c1-5(11)6-2-3-7(10-8)9-4-6/h2-4,8H,1H3. The van der Waals surface area contributed by atoms with Gasteiger partial charge in [0.1, 0.15) is 0 Å². The van der Waals surface area contributed by atoms with Gasteiger partial charge in [-0.1, -0.05) is 0 Å². The highest BCUT2D eigenvalue weighted by Crippen LogP contribution is 2.07. The molecule has 0 aliphatic carbocycles. The van der Waals surface area contributed by atoms with Gasteiger partial charge >= 0.3 is 0 Å². The number of nitrogens with zero attached hydrogens (tertiary/aromatic N) is 2. The van der Waals surface area contributed by atoms with Crippen LogP contribution in [0.15, 0.2) is 23.4 Å². The Hall–Kier alpha value is -1.58. The number of Topliss-reactive ketones (excluding diaryl/α,β-unsaturated/α-hetero) is 1. The first kappa shape index (κ1) is 7.53. The quantitative estimate of drug-likeness (QED) is 0.515. The van der Waals surface area contributed by atoms with E-state index in [0.29, 0.717) is 11.4 Å². The van der Waals surface area contributed by atoms with Gasteiger partial charge in [-0.25, -0.2) is 10.5 Å². The second-order valence-corrected chi connectivity index (χ2v) is 2.07. The minimum absolute atomic E-state index is 0.0333. The Labute approximate surface area is 63.8 Å². The van der Waals surface area contributed by atoms with E-state index in [-0.39, 0.29) is 5.78 Å². The summed E-state index contributed by atoms with van der Waals surface area (Å²) in [6.07, 6.45) is 1.41. The largest absolute Gasteiger partial charge is 0.294 e. The summed E-state index contributed by atoms with van der Waals surface area (Å²) >= 11 is 0. The summed E-state index contributed by atoms with van der Waals surface area (Å²) in [5.41, 5.74) is 7.14. The Kier molecular flexibility index (Phi) is 2.06. The summed E-state index contributed by atoms with van der Waals surface area (Å²) in [4.78, 5) is 14.5. The molecule has 56 valence electrons. The number of rotatable bonds is 2. The number of carbonyl (C=O) groups is 1. The third kappa shape index (κ3) is 1.67. The lowest BCUT2D eigenvalue weighted by Crippen LogP contribution is -1.91. The van der Waals surface area contributed by atoms with Crippen molar-refractivity contribution < 1.29 is 4.79 Å². The second kappa shape index (κ2) is 3.01. The maximum absolute atomic E-state index is 10.7. The van der Waals surface area contributed by atoms with Crippen molar-refractivity contribution in [3.63, 3.8) is 0 Å². The number of aromatic nitrogens is 1. The fourth-order valence-electron chi connectivity index (χ4n) is 0.660. The van der Waals surface area contributed by atoms with Crippen LogP contribution in [-0.2, 0) is 0 Å². The Balaban J connectivity index is 3.00. The molecule has 0 fully saturated rings. The van der Waals surface area contributed by atoms with Gasteiger partial charge < -0.3 is 0 Å². The highest BCUT2D eigenvalue weighted by molar-refractivity contribution is 5.93. The van der Waals surface area contributed by atoms with E-state index in [1.165, 1.54) is 19.2 Å². The molecule has 1 rings (SSSR count). The molecule has 0 saturated heterocycles. The molecule has 11 heavy (non-hydrogen) atoms. The van der Waals surface area contributed by atoms with Crippen molar-refractivity contribution in [2.75, 3.05) is 0 Å². The highest BCUT2D eigenvalue weighted by atomic mass is 16.1. The molecule has 0 atom stereocenters. The highest BCUT2D eigenvalue weighted by Gasteiger charge is 1.97. The maximum Gasteiger partial charge on any atom is 0.173 e. The lowest BCUT2D eigenvalue weighted by Gasteiger charge is -1.92. The molecule has 0 saturated carbocycles. The van der Waals surface area contributed by atoms with Gasteiger partial charge in [0.15, 0.2) is 11.6 Å². The summed E-state index contributed by atoms with van der Waals surface area (Å²) in [5.74, 6) is 0.282. The first-order valence-corrected chi connectivity index (χ1v) is 3.08. The monoisotopic (exact) mass is 149 g/mol. The van der Waals surface area contributed by atoms with E-state index in [1.807, 2.05) is 0 Å². The molecule has 1 aromatic rings. The van der Waals surface area contributed by atoms with Crippen LogP contribution in [0.2, 0.25) is 0 Å². The van der Waals surface area contributed by atoms with Crippen LogP contribution < -0.4 is 0 Å². The van der Waals surface area contributed by atoms with Gasteiger partial charge in [0.2, 0.25) is 0 Å². The Morgan fingerprint density at radius 1 is 1.64 bits per heavy atom.